The van der Waals surface area contributed by atoms with Crippen molar-refractivity contribution >= 4 is 11.9 Å². The molecule has 0 saturated carbocycles. The fourth-order valence-electron chi connectivity index (χ4n) is 0.542. The van der Waals surface area contributed by atoms with Crippen LogP contribution in [-0.2, 0) is 14.3 Å². The second kappa shape index (κ2) is 5.50. The van der Waals surface area contributed by atoms with Gasteiger partial charge in [-0.1, -0.05) is 0 Å². The van der Waals surface area contributed by atoms with E-state index in [0.717, 1.165) is 0 Å². The first-order valence-electron chi connectivity index (χ1n) is 3.27. The van der Waals surface area contributed by atoms with Gasteiger partial charge in [0.2, 0.25) is 0 Å². The van der Waals surface area contributed by atoms with Gasteiger partial charge in [0.05, 0.1) is 6.61 Å². The highest BCUT2D eigenvalue weighted by Crippen LogP contribution is 1.85. The molecule has 0 bridgehead atoms. The van der Waals surface area contributed by atoms with Crippen LogP contribution in [0, 0.1) is 0 Å². The zero-order valence-corrected chi connectivity index (χ0v) is 6.61. The van der Waals surface area contributed by atoms with Gasteiger partial charge in [-0.25, -0.2) is 4.79 Å². The molecular weight excluding hydrogens is 166 g/mol. The molecule has 0 aliphatic carbocycles. The van der Waals surface area contributed by atoms with Crippen LogP contribution in [0.5, 0.6) is 0 Å². The fraction of sp³-hybridized carbons (Fsp3) is 0.667. The van der Waals surface area contributed by atoms with Crippen LogP contribution < -0.4 is 5.32 Å². The molecule has 0 aromatic rings. The van der Waals surface area contributed by atoms with Crippen molar-refractivity contribution in [2.75, 3.05) is 20.3 Å². The molecule has 6 nitrogen and oxygen atoms in total. The highest BCUT2D eigenvalue weighted by Gasteiger charge is 2.14. The Bertz CT molecular complexity index is 169. The maximum atomic E-state index is 10.3. The summed E-state index contributed by atoms with van der Waals surface area (Å²) in [5.74, 6) is -2.18. The highest BCUT2D eigenvalue weighted by molar-refractivity contribution is 5.73. The van der Waals surface area contributed by atoms with Gasteiger partial charge >= 0.3 is 11.9 Å². The number of likely N-dealkylation sites (N-methyl/N-ethyl adjacent to an activating group) is 1. The molecule has 70 valence electrons. The standard InChI is InChI=1S/C6H11NO5/c1-7-4(6(10)11)2-12-3-5(8)9/h4,7H,2-3H2,1H3,(H,8,9)(H,10,11)/t4-/m0/s1. The SMILES string of the molecule is CN[C@@H](COCC(=O)O)C(=O)O. The van der Waals surface area contributed by atoms with Gasteiger partial charge in [0.15, 0.2) is 0 Å². The molecule has 0 aliphatic heterocycles. The summed E-state index contributed by atoms with van der Waals surface area (Å²) in [5, 5.41) is 19.1. The zero-order valence-electron chi connectivity index (χ0n) is 6.61. The maximum Gasteiger partial charge on any atom is 0.329 e. The zero-order chi connectivity index (χ0) is 9.56. The van der Waals surface area contributed by atoms with Crippen molar-refractivity contribution in [2.45, 2.75) is 6.04 Å². The predicted molar refractivity (Wildman–Crippen MR) is 38.9 cm³/mol. The molecule has 3 N–H and O–H groups in total. The van der Waals surface area contributed by atoms with Crippen molar-refractivity contribution in [3.8, 4) is 0 Å². The Morgan fingerprint density at radius 2 is 2.08 bits per heavy atom. The quantitative estimate of drug-likeness (QED) is 0.469. The summed E-state index contributed by atoms with van der Waals surface area (Å²) in [6, 6.07) is -0.857. The van der Waals surface area contributed by atoms with Gasteiger partial charge in [0.1, 0.15) is 12.6 Å². The number of carbonyl (C=O) groups is 2. The van der Waals surface area contributed by atoms with Crippen LogP contribution in [0.25, 0.3) is 0 Å². The molecule has 0 aromatic carbocycles. The van der Waals surface area contributed by atoms with E-state index in [1.165, 1.54) is 7.05 Å². The van der Waals surface area contributed by atoms with Crippen LogP contribution in [0.3, 0.4) is 0 Å². The van der Waals surface area contributed by atoms with E-state index in [-0.39, 0.29) is 6.61 Å². The van der Waals surface area contributed by atoms with E-state index in [2.05, 4.69) is 10.1 Å². The number of hydrogen-bond acceptors (Lipinski definition) is 4. The lowest BCUT2D eigenvalue weighted by Gasteiger charge is -2.09. The third kappa shape index (κ3) is 4.64. The smallest absolute Gasteiger partial charge is 0.329 e. The largest absolute Gasteiger partial charge is 0.480 e. The number of carboxylic acid groups (broad SMARTS) is 2. The number of ether oxygens (including phenoxy) is 1. The number of nitrogens with one attached hydrogen (secondary N) is 1. The Hall–Kier alpha value is -1.14. The summed E-state index contributed by atoms with van der Waals surface area (Å²) < 4.78 is 4.57. The molecule has 0 radical (unpaired) electrons. The lowest BCUT2D eigenvalue weighted by molar-refractivity contribution is -0.146. The lowest BCUT2D eigenvalue weighted by Crippen LogP contribution is -2.38. The van der Waals surface area contributed by atoms with Crippen LogP contribution in [0.1, 0.15) is 0 Å². The molecular formula is C6H11NO5. The third-order valence-electron chi connectivity index (χ3n) is 1.16. The third-order valence-corrected chi connectivity index (χ3v) is 1.16. The first kappa shape index (κ1) is 10.9. The van der Waals surface area contributed by atoms with Crippen LogP contribution in [0.4, 0.5) is 0 Å². The van der Waals surface area contributed by atoms with Gasteiger partial charge in [-0.3, -0.25) is 4.79 Å². The van der Waals surface area contributed by atoms with E-state index in [4.69, 9.17) is 10.2 Å². The van der Waals surface area contributed by atoms with Gasteiger partial charge in [-0.2, -0.15) is 0 Å². The van der Waals surface area contributed by atoms with E-state index in [0.29, 0.717) is 0 Å². The molecule has 0 rings (SSSR count). The van der Waals surface area contributed by atoms with Crippen LogP contribution >= 0.6 is 0 Å². The average molecular weight is 177 g/mol. The minimum atomic E-state index is -1.12. The average Bonchev–Trinajstić information content (AvgIpc) is 1.96. The molecule has 0 aromatic heterocycles. The molecule has 0 aliphatic rings. The summed E-state index contributed by atoms with van der Waals surface area (Å²) in [4.78, 5) is 20.3. The van der Waals surface area contributed by atoms with Crippen molar-refractivity contribution in [1.29, 1.82) is 0 Å². The summed E-state index contributed by atoms with van der Waals surface area (Å²) in [6.07, 6.45) is 0. The predicted octanol–water partition coefficient (Wildman–Crippen LogP) is -1.24. The highest BCUT2D eigenvalue weighted by atomic mass is 16.5. The number of rotatable bonds is 6. The Balaban J connectivity index is 3.59. The van der Waals surface area contributed by atoms with E-state index in [1.807, 2.05) is 0 Å². The number of hydrogen-bond donors (Lipinski definition) is 3. The molecule has 0 amide bonds. The fourth-order valence-corrected chi connectivity index (χ4v) is 0.542. The molecule has 0 spiro atoms. The second-order valence-electron chi connectivity index (χ2n) is 2.09. The number of carboxylic acids is 2. The van der Waals surface area contributed by atoms with Gasteiger partial charge in [-0.15, -0.1) is 0 Å². The first-order valence-corrected chi connectivity index (χ1v) is 3.27. The van der Waals surface area contributed by atoms with Crippen LogP contribution in [0.2, 0.25) is 0 Å². The van der Waals surface area contributed by atoms with Gasteiger partial charge in [0.25, 0.3) is 0 Å². The normalized spacial score (nSPS) is 12.4. The lowest BCUT2D eigenvalue weighted by atomic mass is 10.3. The molecule has 0 fully saturated rings. The Kier molecular flexibility index (Phi) is 4.98. The van der Waals surface area contributed by atoms with E-state index < -0.39 is 24.6 Å². The van der Waals surface area contributed by atoms with Crippen molar-refractivity contribution in [3.05, 3.63) is 0 Å². The molecule has 6 heteroatoms. The summed E-state index contributed by atoms with van der Waals surface area (Å²) in [6.45, 7) is -0.635. The van der Waals surface area contributed by atoms with Gasteiger partial charge < -0.3 is 20.3 Å². The summed E-state index contributed by atoms with van der Waals surface area (Å²) >= 11 is 0. The van der Waals surface area contributed by atoms with Crippen LogP contribution in [0.15, 0.2) is 0 Å². The molecule has 0 unspecified atom stereocenters. The molecule has 0 heterocycles. The Labute approximate surface area is 69.1 Å². The monoisotopic (exact) mass is 177 g/mol. The summed E-state index contributed by atoms with van der Waals surface area (Å²) in [5.41, 5.74) is 0. The maximum absolute atomic E-state index is 10.3. The Morgan fingerprint density at radius 3 is 2.42 bits per heavy atom. The van der Waals surface area contributed by atoms with E-state index >= 15 is 0 Å². The summed E-state index contributed by atoms with van der Waals surface area (Å²) in [7, 11) is 1.46. The molecule has 12 heavy (non-hydrogen) atoms. The minimum absolute atomic E-state index is 0.155. The first-order chi connectivity index (χ1) is 5.57. The number of aliphatic carboxylic acids is 2. The van der Waals surface area contributed by atoms with Gasteiger partial charge in [-0.05, 0) is 7.05 Å². The van der Waals surface area contributed by atoms with Crippen molar-refractivity contribution < 1.29 is 24.5 Å². The van der Waals surface area contributed by atoms with Gasteiger partial charge in [0, 0.05) is 0 Å². The topological polar surface area (TPSA) is 95.9 Å². The molecule has 1 atom stereocenters. The van der Waals surface area contributed by atoms with Crippen molar-refractivity contribution in [3.63, 3.8) is 0 Å². The van der Waals surface area contributed by atoms with Crippen LogP contribution in [-0.4, -0.2) is 48.5 Å². The van der Waals surface area contributed by atoms with E-state index in [1.54, 1.807) is 0 Å². The molecule has 0 saturated heterocycles. The Morgan fingerprint density at radius 1 is 1.50 bits per heavy atom. The van der Waals surface area contributed by atoms with Crippen molar-refractivity contribution in [2.24, 2.45) is 0 Å². The van der Waals surface area contributed by atoms with Crippen molar-refractivity contribution in [1.82, 2.24) is 5.32 Å². The minimum Gasteiger partial charge on any atom is -0.480 e. The van der Waals surface area contributed by atoms with E-state index in [9.17, 15) is 9.59 Å². The second-order valence-corrected chi connectivity index (χ2v) is 2.09.